The van der Waals surface area contributed by atoms with Crippen molar-refractivity contribution in [3.8, 4) is 0 Å². The van der Waals surface area contributed by atoms with Crippen molar-refractivity contribution in [2.75, 3.05) is 13.2 Å². The zero-order chi connectivity index (χ0) is 16.1. The van der Waals surface area contributed by atoms with E-state index in [9.17, 15) is 9.59 Å². The summed E-state index contributed by atoms with van der Waals surface area (Å²) in [5.74, 6) is 1.66. The van der Waals surface area contributed by atoms with Gasteiger partial charge in [0.25, 0.3) is 6.47 Å². The fourth-order valence-electron chi connectivity index (χ4n) is 2.05. The lowest BCUT2D eigenvalue weighted by atomic mass is 9.84. The molecule has 1 saturated carbocycles. The molecule has 1 fully saturated rings. The van der Waals surface area contributed by atoms with Gasteiger partial charge in [-0.3, -0.25) is 4.79 Å². The topological polar surface area (TPSA) is 52.6 Å². The van der Waals surface area contributed by atoms with E-state index in [4.69, 9.17) is 4.74 Å². The van der Waals surface area contributed by atoms with Crippen LogP contribution in [-0.2, 0) is 19.1 Å². The van der Waals surface area contributed by atoms with Crippen molar-refractivity contribution in [1.82, 2.24) is 0 Å². The van der Waals surface area contributed by atoms with Crippen LogP contribution in [0.15, 0.2) is 12.2 Å². The molecule has 1 rings (SSSR count). The van der Waals surface area contributed by atoms with Gasteiger partial charge in [0, 0.05) is 5.57 Å². The summed E-state index contributed by atoms with van der Waals surface area (Å²) in [6, 6.07) is 0. The molecular formula is C17H30O4. The Kier molecular flexibility index (Phi) is 11.6. The number of carbonyl (C=O) groups excluding carboxylic acids is 2. The van der Waals surface area contributed by atoms with Gasteiger partial charge in [-0.1, -0.05) is 46.1 Å². The van der Waals surface area contributed by atoms with Crippen molar-refractivity contribution in [1.29, 1.82) is 0 Å². The molecular weight excluding hydrogens is 268 g/mol. The molecule has 0 unspecified atom stereocenters. The van der Waals surface area contributed by atoms with Crippen LogP contribution in [0.3, 0.4) is 0 Å². The highest BCUT2D eigenvalue weighted by Crippen LogP contribution is 2.27. The molecule has 1 aliphatic carbocycles. The molecule has 0 amide bonds. The second-order valence-electron chi connectivity index (χ2n) is 5.96. The van der Waals surface area contributed by atoms with Crippen molar-refractivity contribution in [3.05, 3.63) is 12.2 Å². The molecule has 0 aliphatic heterocycles. The van der Waals surface area contributed by atoms with Gasteiger partial charge < -0.3 is 9.47 Å². The van der Waals surface area contributed by atoms with Gasteiger partial charge in [-0.2, -0.15) is 0 Å². The molecule has 0 aromatic heterocycles. The molecule has 0 atom stereocenters. The van der Waals surface area contributed by atoms with Gasteiger partial charge in [0.1, 0.15) is 0 Å². The molecule has 4 nitrogen and oxygen atoms in total. The first-order valence-electron chi connectivity index (χ1n) is 7.85. The molecule has 0 radical (unpaired) electrons. The SMILES string of the molecule is C=C(C)C(=O)OCCCCOC=O.CC1CCC(C)CC1. The van der Waals surface area contributed by atoms with Crippen molar-refractivity contribution in [3.63, 3.8) is 0 Å². The van der Waals surface area contributed by atoms with Gasteiger partial charge in [-0.15, -0.1) is 0 Å². The van der Waals surface area contributed by atoms with Gasteiger partial charge in [0.15, 0.2) is 0 Å². The largest absolute Gasteiger partial charge is 0.468 e. The third-order valence-electron chi connectivity index (χ3n) is 3.61. The maximum atomic E-state index is 10.8. The van der Waals surface area contributed by atoms with Crippen LogP contribution >= 0.6 is 0 Å². The Balaban J connectivity index is 0.000000423. The number of esters is 1. The zero-order valence-corrected chi connectivity index (χ0v) is 13.7. The molecule has 21 heavy (non-hydrogen) atoms. The zero-order valence-electron chi connectivity index (χ0n) is 13.7. The van der Waals surface area contributed by atoms with E-state index in [2.05, 4.69) is 25.2 Å². The second kappa shape index (κ2) is 12.4. The Bertz CT molecular complexity index is 294. The first kappa shape index (κ1) is 19.7. The Morgan fingerprint density at radius 1 is 1.10 bits per heavy atom. The Morgan fingerprint density at radius 3 is 2.00 bits per heavy atom. The minimum Gasteiger partial charge on any atom is -0.468 e. The second-order valence-corrected chi connectivity index (χ2v) is 5.96. The number of hydrogen-bond donors (Lipinski definition) is 0. The minimum atomic E-state index is -0.378. The lowest BCUT2D eigenvalue weighted by molar-refractivity contribution is -0.139. The van der Waals surface area contributed by atoms with Crippen molar-refractivity contribution in [2.24, 2.45) is 11.8 Å². The van der Waals surface area contributed by atoms with Gasteiger partial charge in [-0.25, -0.2) is 4.79 Å². The van der Waals surface area contributed by atoms with Crippen LogP contribution in [0.1, 0.15) is 59.3 Å². The molecule has 4 heteroatoms. The summed E-state index contributed by atoms with van der Waals surface area (Å²) in [4.78, 5) is 20.5. The normalized spacial score (nSPS) is 20.7. The van der Waals surface area contributed by atoms with Crippen LogP contribution in [0.5, 0.6) is 0 Å². The number of rotatable bonds is 7. The number of unbranched alkanes of at least 4 members (excludes halogenated alkanes) is 1. The molecule has 0 bridgehead atoms. The fourth-order valence-corrected chi connectivity index (χ4v) is 2.05. The summed E-state index contributed by atoms with van der Waals surface area (Å²) < 4.78 is 9.25. The quantitative estimate of drug-likeness (QED) is 0.310. The number of hydrogen-bond acceptors (Lipinski definition) is 4. The van der Waals surface area contributed by atoms with Gasteiger partial charge >= 0.3 is 5.97 Å². The van der Waals surface area contributed by atoms with Crippen molar-refractivity contribution >= 4 is 12.4 Å². The smallest absolute Gasteiger partial charge is 0.333 e. The predicted octanol–water partition coefficient (Wildman–Crippen LogP) is 3.89. The van der Waals surface area contributed by atoms with Crippen LogP contribution in [0.2, 0.25) is 0 Å². The van der Waals surface area contributed by atoms with E-state index in [0.717, 1.165) is 11.8 Å². The first-order valence-corrected chi connectivity index (χ1v) is 7.85. The highest BCUT2D eigenvalue weighted by atomic mass is 16.5. The average molecular weight is 298 g/mol. The summed E-state index contributed by atoms with van der Waals surface area (Å²) in [6.07, 6.45) is 7.28. The van der Waals surface area contributed by atoms with E-state index < -0.39 is 0 Å². The standard InChI is InChI=1S/C9H14O4.C8H16/c1-8(2)9(11)13-6-4-3-5-12-7-10;1-7-3-5-8(2)6-4-7/h7H,1,3-6H2,2H3;7-8H,3-6H2,1-2H3. The maximum absolute atomic E-state index is 10.8. The minimum absolute atomic E-state index is 0.341. The van der Waals surface area contributed by atoms with E-state index in [1.54, 1.807) is 6.92 Å². The van der Waals surface area contributed by atoms with Crippen LogP contribution in [0.4, 0.5) is 0 Å². The Morgan fingerprint density at radius 2 is 1.57 bits per heavy atom. The van der Waals surface area contributed by atoms with Crippen molar-refractivity contribution < 1.29 is 19.1 Å². The number of ether oxygens (including phenoxy) is 2. The predicted molar refractivity (Wildman–Crippen MR) is 83.8 cm³/mol. The van der Waals surface area contributed by atoms with Gasteiger partial charge in [0.2, 0.25) is 0 Å². The fraction of sp³-hybridized carbons (Fsp3) is 0.765. The third kappa shape index (κ3) is 12.2. The average Bonchev–Trinajstić information content (AvgIpc) is 2.46. The molecule has 0 saturated heterocycles. The van der Waals surface area contributed by atoms with Gasteiger partial charge in [0.05, 0.1) is 13.2 Å². The van der Waals surface area contributed by atoms with E-state index in [1.165, 1.54) is 25.7 Å². The van der Waals surface area contributed by atoms with E-state index in [-0.39, 0.29) is 5.97 Å². The lowest BCUT2D eigenvalue weighted by Crippen LogP contribution is -2.08. The highest BCUT2D eigenvalue weighted by Gasteiger charge is 2.13. The van der Waals surface area contributed by atoms with Crippen LogP contribution in [0.25, 0.3) is 0 Å². The van der Waals surface area contributed by atoms with E-state index in [0.29, 0.717) is 38.1 Å². The van der Waals surface area contributed by atoms with Crippen molar-refractivity contribution in [2.45, 2.75) is 59.3 Å². The monoisotopic (exact) mass is 298 g/mol. The molecule has 1 aliphatic rings. The summed E-state index contributed by atoms with van der Waals surface area (Å²) >= 11 is 0. The molecule has 0 spiro atoms. The third-order valence-corrected chi connectivity index (χ3v) is 3.61. The molecule has 0 N–H and O–H groups in total. The van der Waals surface area contributed by atoms with Crippen LogP contribution in [0, 0.1) is 11.8 Å². The first-order chi connectivity index (χ1) is 9.97. The number of carbonyl (C=O) groups is 2. The van der Waals surface area contributed by atoms with Crippen LogP contribution in [-0.4, -0.2) is 25.7 Å². The summed E-state index contributed by atoms with van der Waals surface area (Å²) in [5, 5.41) is 0. The van der Waals surface area contributed by atoms with E-state index in [1.807, 2.05) is 0 Å². The van der Waals surface area contributed by atoms with Gasteiger partial charge in [-0.05, 0) is 31.6 Å². The van der Waals surface area contributed by atoms with Crippen LogP contribution < -0.4 is 0 Å². The Labute approximate surface area is 128 Å². The lowest BCUT2D eigenvalue weighted by Gasteiger charge is -2.22. The Hall–Kier alpha value is -1.32. The summed E-state index contributed by atoms with van der Waals surface area (Å²) in [7, 11) is 0. The molecule has 0 heterocycles. The summed E-state index contributed by atoms with van der Waals surface area (Å²) in [5.41, 5.74) is 0.393. The highest BCUT2D eigenvalue weighted by molar-refractivity contribution is 5.86. The molecule has 0 aromatic rings. The summed E-state index contributed by atoms with van der Waals surface area (Å²) in [6.45, 7) is 10.9. The van der Waals surface area contributed by atoms with E-state index >= 15 is 0 Å². The maximum Gasteiger partial charge on any atom is 0.333 e. The molecule has 122 valence electrons. The molecule has 0 aromatic carbocycles.